The number of hydrogen-bond acceptors (Lipinski definition) is 4. The topological polar surface area (TPSA) is 84.1 Å². The van der Waals surface area contributed by atoms with Crippen molar-refractivity contribution >= 4 is 45.3 Å². The Hall–Kier alpha value is -1.66. The second-order valence-electron chi connectivity index (χ2n) is 3.84. The largest absolute Gasteiger partial charge is 0.383 e. The molecule has 0 aliphatic heterocycles. The fourth-order valence-corrected chi connectivity index (χ4v) is 2.15. The van der Waals surface area contributed by atoms with E-state index in [0.717, 1.165) is 15.7 Å². The maximum atomic E-state index is 11.7. The molecule has 0 bridgehead atoms. The number of nitrogen functional groups attached to an aromatic ring is 1. The lowest BCUT2D eigenvalue weighted by molar-refractivity contribution is 1.12. The van der Waals surface area contributed by atoms with Crippen LogP contribution in [0.4, 0.5) is 11.5 Å². The van der Waals surface area contributed by atoms with E-state index >= 15 is 0 Å². The summed E-state index contributed by atoms with van der Waals surface area (Å²) < 4.78 is 0.967. The highest BCUT2D eigenvalue weighted by atomic mass is 79.9. The second-order valence-corrected chi connectivity index (χ2v) is 5.12. The summed E-state index contributed by atoms with van der Waals surface area (Å²) in [5, 5.41) is -0.0422. The molecule has 5 nitrogen and oxygen atoms in total. The number of rotatable bonds is 2. The quantitative estimate of drug-likeness (QED) is 0.650. The van der Waals surface area contributed by atoms with Crippen molar-refractivity contribution in [1.82, 2.24) is 9.97 Å². The van der Waals surface area contributed by atoms with Crippen LogP contribution in [-0.4, -0.2) is 16.2 Å². The zero-order valence-corrected chi connectivity index (χ0v) is 12.3. The SMILES string of the molecule is Cc1cc(Br)ccc1N=Cc1c(N)nc(Cl)[nH]c1=O. The van der Waals surface area contributed by atoms with Gasteiger partial charge in [0.05, 0.1) is 5.69 Å². The number of halogens is 2. The molecule has 2 rings (SSSR count). The summed E-state index contributed by atoms with van der Waals surface area (Å²) in [4.78, 5) is 22.0. The van der Waals surface area contributed by atoms with Gasteiger partial charge in [-0.1, -0.05) is 15.9 Å². The minimum Gasteiger partial charge on any atom is -0.383 e. The van der Waals surface area contributed by atoms with Gasteiger partial charge in [-0.05, 0) is 42.3 Å². The Balaban J connectivity index is 2.41. The van der Waals surface area contributed by atoms with E-state index in [0.29, 0.717) is 0 Å². The average molecular weight is 342 g/mol. The smallest absolute Gasteiger partial charge is 0.262 e. The summed E-state index contributed by atoms with van der Waals surface area (Å²) in [5.74, 6) is 0.0484. The van der Waals surface area contributed by atoms with Crippen LogP contribution in [0.5, 0.6) is 0 Å². The molecule has 0 saturated heterocycles. The predicted molar refractivity (Wildman–Crippen MR) is 80.4 cm³/mol. The van der Waals surface area contributed by atoms with E-state index in [9.17, 15) is 4.79 Å². The number of nitrogens with one attached hydrogen (secondary N) is 1. The molecule has 0 fully saturated rings. The maximum Gasteiger partial charge on any atom is 0.262 e. The highest BCUT2D eigenvalue weighted by Crippen LogP contribution is 2.22. The van der Waals surface area contributed by atoms with Crippen LogP contribution < -0.4 is 11.3 Å². The Labute approximate surface area is 122 Å². The van der Waals surface area contributed by atoms with Gasteiger partial charge in [-0.15, -0.1) is 0 Å². The van der Waals surface area contributed by atoms with E-state index < -0.39 is 5.56 Å². The molecule has 0 radical (unpaired) electrons. The number of nitrogens with two attached hydrogens (primary N) is 1. The Kier molecular flexibility index (Phi) is 4.01. The van der Waals surface area contributed by atoms with Crippen LogP contribution in [0.1, 0.15) is 11.1 Å². The molecule has 3 N–H and O–H groups in total. The van der Waals surface area contributed by atoms with Gasteiger partial charge in [0.1, 0.15) is 11.4 Å². The van der Waals surface area contributed by atoms with Gasteiger partial charge in [0.15, 0.2) is 0 Å². The number of anilines is 1. The zero-order valence-electron chi connectivity index (χ0n) is 9.95. The van der Waals surface area contributed by atoms with E-state index in [1.165, 1.54) is 6.21 Å². The highest BCUT2D eigenvalue weighted by Gasteiger charge is 2.05. The highest BCUT2D eigenvalue weighted by molar-refractivity contribution is 9.10. The third-order valence-corrected chi connectivity index (χ3v) is 3.12. The van der Waals surface area contributed by atoms with E-state index in [-0.39, 0.29) is 16.7 Å². The summed E-state index contributed by atoms with van der Waals surface area (Å²) in [7, 11) is 0. The molecule has 0 amide bonds. The molecule has 0 aliphatic carbocycles. The first-order chi connectivity index (χ1) is 8.97. The lowest BCUT2D eigenvalue weighted by atomic mass is 10.2. The van der Waals surface area contributed by atoms with Gasteiger partial charge in [-0.2, -0.15) is 0 Å². The van der Waals surface area contributed by atoms with Gasteiger partial charge in [0.2, 0.25) is 5.28 Å². The van der Waals surface area contributed by atoms with Crippen LogP contribution in [0, 0.1) is 6.92 Å². The van der Waals surface area contributed by atoms with Gasteiger partial charge >= 0.3 is 0 Å². The molecule has 98 valence electrons. The summed E-state index contributed by atoms with van der Waals surface area (Å²) >= 11 is 8.96. The van der Waals surface area contributed by atoms with E-state index in [1.807, 2.05) is 25.1 Å². The maximum absolute atomic E-state index is 11.7. The van der Waals surface area contributed by atoms with Crippen LogP contribution >= 0.6 is 27.5 Å². The summed E-state index contributed by atoms with van der Waals surface area (Å²) in [6.07, 6.45) is 1.38. The first-order valence-electron chi connectivity index (χ1n) is 5.33. The van der Waals surface area contributed by atoms with Gasteiger partial charge in [-0.3, -0.25) is 14.8 Å². The zero-order chi connectivity index (χ0) is 14.0. The van der Waals surface area contributed by atoms with Crippen molar-refractivity contribution in [3.05, 3.63) is 49.4 Å². The average Bonchev–Trinajstić information content (AvgIpc) is 2.30. The number of hydrogen-bond donors (Lipinski definition) is 2. The number of nitrogens with zero attached hydrogens (tertiary/aromatic N) is 2. The van der Waals surface area contributed by atoms with Crippen molar-refractivity contribution in [2.24, 2.45) is 4.99 Å². The fourth-order valence-electron chi connectivity index (χ4n) is 1.49. The first kappa shape index (κ1) is 13.8. The van der Waals surface area contributed by atoms with E-state index in [1.54, 1.807) is 0 Å². The van der Waals surface area contributed by atoms with Gasteiger partial charge < -0.3 is 5.73 Å². The van der Waals surface area contributed by atoms with E-state index in [4.69, 9.17) is 17.3 Å². The fraction of sp³-hybridized carbons (Fsp3) is 0.0833. The molecule has 0 aliphatic rings. The molecular weight excluding hydrogens is 332 g/mol. The summed E-state index contributed by atoms with van der Waals surface area (Å²) in [6, 6.07) is 5.64. The van der Waals surface area contributed by atoms with Crippen molar-refractivity contribution in [3.8, 4) is 0 Å². The summed E-state index contributed by atoms with van der Waals surface area (Å²) in [6.45, 7) is 1.92. The predicted octanol–water partition coefficient (Wildman–Crippen LogP) is 2.83. The molecule has 0 unspecified atom stereocenters. The number of aromatic amines is 1. The second kappa shape index (κ2) is 5.54. The van der Waals surface area contributed by atoms with Gasteiger partial charge in [0.25, 0.3) is 5.56 Å². The molecule has 1 aromatic heterocycles. The van der Waals surface area contributed by atoms with Crippen molar-refractivity contribution in [3.63, 3.8) is 0 Å². The molecular formula is C12H10BrClN4O. The minimum absolute atomic E-state index is 0.0422. The Morgan fingerprint density at radius 3 is 2.89 bits per heavy atom. The monoisotopic (exact) mass is 340 g/mol. The Bertz CT molecular complexity index is 711. The van der Waals surface area contributed by atoms with Crippen LogP contribution in [0.2, 0.25) is 5.28 Å². The third-order valence-electron chi connectivity index (χ3n) is 2.45. The molecule has 2 aromatic rings. The van der Waals surface area contributed by atoms with Crippen molar-refractivity contribution in [2.75, 3.05) is 5.73 Å². The Morgan fingerprint density at radius 1 is 1.53 bits per heavy atom. The number of aliphatic imine (C=N–C) groups is 1. The number of aryl methyl sites for hydroxylation is 1. The van der Waals surface area contributed by atoms with Crippen molar-refractivity contribution < 1.29 is 0 Å². The van der Waals surface area contributed by atoms with E-state index in [2.05, 4.69) is 30.9 Å². The number of H-pyrrole nitrogens is 1. The van der Waals surface area contributed by atoms with Crippen molar-refractivity contribution in [2.45, 2.75) is 6.92 Å². The van der Waals surface area contributed by atoms with Crippen LogP contribution in [0.15, 0.2) is 32.5 Å². The molecule has 0 spiro atoms. The lowest BCUT2D eigenvalue weighted by Gasteiger charge is -2.01. The Morgan fingerprint density at radius 2 is 2.26 bits per heavy atom. The molecule has 1 aromatic carbocycles. The lowest BCUT2D eigenvalue weighted by Crippen LogP contribution is -2.16. The van der Waals surface area contributed by atoms with Gasteiger partial charge in [-0.25, -0.2) is 4.98 Å². The van der Waals surface area contributed by atoms with Gasteiger partial charge in [0, 0.05) is 10.7 Å². The molecule has 0 atom stereocenters. The first-order valence-corrected chi connectivity index (χ1v) is 6.50. The van der Waals surface area contributed by atoms with Crippen LogP contribution in [-0.2, 0) is 0 Å². The molecule has 0 saturated carbocycles. The van der Waals surface area contributed by atoms with Crippen LogP contribution in [0.3, 0.4) is 0 Å². The number of aromatic nitrogens is 2. The summed E-state index contributed by atoms with van der Waals surface area (Å²) in [5.41, 5.74) is 7.12. The normalized spacial score (nSPS) is 11.1. The minimum atomic E-state index is -0.420. The molecule has 19 heavy (non-hydrogen) atoms. The number of benzene rings is 1. The van der Waals surface area contributed by atoms with Crippen LogP contribution in [0.25, 0.3) is 0 Å². The standard InChI is InChI=1S/C12H10BrClN4O/c1-6-4-7(13)2-3-9(6)16-5-8-10(15)17-12(14)18-11(8)19/h2-5H,1H3,(H3,15,17,18,19). The molecule has 1 heterocycles. The molecule has 7 heteroatoms. The van der Waals surface area contributed by atoms with Crippen molar-refractivity contribution in [1.29, 1.82) is 0 Å². The third kappa shape index (κ3) is 3.21.